The molecule has 180 valence electrons. The van der Waals surface area contributed by atoms with Gasteiger partial charge in [0, 0.05) is 25.7 Å². The predicted octanol–water partition coefficient (Wildman–Crippen LogP) is 1.55. The van der Waals surface area contributed by atoms with Crippen LogP contribution in [0.5, 0.6) is 0 Å². The van der Waals surface area contributed by atoms with Crippen LogP contribution in [0.1, 0.15) is 37.8 Å². The fraction of sp³-hybridized carbons (Fsp3) is 0.560. The number of likely N-dealkylation sites (tertiary alicyclic amines) is 1. The Bertz CT molecular complexity index is 875. The van der Waals surface area contributed by atoms with Crippen LogP contribution in [0.2, 0.25) is 0 Å². The molecule has 8 heteroatoms. The topological polar surface area (TPSA) is 92.6 Å². The quantitative estimate of drug-likeness (QED) is 0.389. The fourth-order valence-electron chi connectivity index (χ4n) is 4.21. The Labute approximate surface area is 197 Å². The highest BCUT2D eigenvalue weighted by molar-refractivity contribution is 6.39. The molecule has 2 unspecified atom stereocenters. The van der Waals surface area contributed by atoms with Gasteiger partial charge in [0.1, 0.15) is 17.9 Å². The van der Waals surface area contributed by atoms with Crippen molar-refractivity contribution in [2.75, 3.05) is 33.2 Å². The number of carbonyl (C=O) groups is 1. The maximum atomic E-state index is 12.5. The third-order valence-corrected chi connectivity index (χ3v) is 6.47. The van der Waals surface area contributed by atoms with E-state index in [1.807, 2.05) is 13.0 Å². The van der Waals surface area contributed by atoms with Crippen molar-refractivity contribution in [3.63, 3.8) is 0 Å². The molecule has 2 atom stereocenters. The van der Waals surface area contributed by atoms with Crippen LogP contribution in [0.25, 0.3) is 0 Å². The Balaban J connectivity index is 1.41. The second kappa shape index (κ2) is 12.1. The van der Waals surface area contributed by atoms with Gasteiger partial charge in [-0.25, -0.2) is 9.98 Å². The van der Waals surface area contributed by atoms with Gasteiger partial charge in [-0.15, -0.1) is 0 Å². The van der Waals surface area contributed by atoms with Gasteiger partial charge >= 0.3 is 0 Å². The Morgan fingerprint density at radius 3 is 2.70 bits per heavy atom. The first-order valence-corrected chi connectivity index (χ1v) is 11.8. The number of hydrogen-bond acceptors (Lipinski definition) is 6. The molecule has 8 nitrogen and oxygen atoms in total. The number of carbonyl (C=O) groups excluding carboxylic acids is 1. The van der Waals surface area contributed by atoms with E-state index in [1.54, 1.807) is 6.92 Å². The van der Waals surface area contributed by atoms with Gasteiger partial charge in [-0.1, -0.05) is 30.8 Å². The van der Waals surface area contributed by atoms with Gasteiger partial charge in [-0.05, 0) is 64.4 Å². The SMILES string of the molecule is C=C(N=CN=C(C)C(=O)NC(C)C(O)CN1CCc2ccccc2C1)NC1CCN(C)CC1. The lowest BCUT2D eigenvalue weighted by molar-refractivity contribution is -0.116. The monoisotopic (exact) mass is 454 g/mol. The molecule has 0 aromatic heterocycles. The number of piperidine rings is 1. The van der Waals surface area contributed by atoms with E-state index in [9.17, 15) is 9.90 Å². The van der Waals surface area contributed by atoms with Gasteiger partial charge in [-0.2, -0.15) is 0 Å². The van der Waals surface area contributed by atoms with E-state index in [0.29, 0.717) is 18.4 Å². The summed E-state index contributed by atoms with van der Waals surface area (Å²) < 4.78 is 0. The van der Waals surface area contributed by atoms with Gasteiger partial charge in [0.2, 0.25) is 0 Å². The average molecular weight is 455 g/mol. The van der Waals surface area contributed by atoms with Gasteiger partial charge in [0.15, 0.2) is 0 Å². The zero-order valence-corrected chi connectivity index (χ0v) is 20.1. The highest BCUT2D eigenvalue weighted by atomic mass is 16.3. The second-order valence-electron chi connectivity index (χ2n) is 9.21. The van der Waals surface area contributed by atoms with Crippen molar-refractivity contribution in [3.8, 4) is 0 Å². The normalized spacial score (nSPS) is 20.3. The number of aliphatic hydroxyl groups is 1. The summed E-state index contributed by atoms with van der Waals surface area (Å²) in [5.41, 5.74) is 2.97. The summed E-state index contributed by atoms with van der Waals surface area (Å²) in [6.07, 6.45) is 3.77. The third kappa shape index (κ3) is 7.77. The Morgan fingerprint density at radius 2 is 1.97 bits per heavy atom. The van der Waals surface area contributed by atoms with Crippen molar-refractivity contribution in [2.45, 2.75) is 57.8 Å². The molecule has 33 heavy (non-hydrogen) atoms. The highest BCUT2D eigenvalue weighted by Crippen LogP contribution is 2.18. The standard InChI is InChI=1S/C25H38N6O2/c1-18(24(32)16-31-14-9-21-7-5-6-8-22(21)15-31)28-25(33)19(2)26-17-27-20(3)29-23-10-12-30(4)13-11-23/h5-8,17-18,23-24,29,32H,3,9-16H2,1-2,4H3,(H,28,33). The lowest BCUT2D eigenvalue weighted by Crippen LogP contribution is -2.48. The molecule has 1 saturated heterocycles. The van der Waals surface area contributed by atoms with Crippen LogP contribution in [0.15, 0.2) is 46.7 Å². The minimum atomic E-state index is -0.667. The summed E-state index contributed by atoms with van der Waals surface area (Å²) in [4.78, 5) is 25.3. The lowest BCUT2D eigenvalue weighted by atomic mass is 9.99. The largest absolute Gasteiger partial charge is 0.390 e. The number of hydrogen-bond donors (Lipinski definition) is 3. The molecule has 1 aromatic rings. The lowest BCUT2D eigenvalue weighted by Gasteiger charge is -2.32. The molecule has 0 aliphatic carbocycles. The van der Waals surface area contributed by atoms with Crippen LogP contribution in [-0.2, 0) is 17.8 Å². The number of nitrogens with one attached hydrogen (secondary N) is 2. The van der Waals surface area contributed by atoms with Crippen molar-refractivity contribution in [1.29, 1.82) is 0 Å². The van der Waals surface area contributed by atoms with Crippen molar-refractivity contribution >= 4 is 18.0 Å². The molecule has 1 aromatic carbocycles. The van der Waals surface area contributed by atoms with E-state index < -0.39 is 12.1 Å². The van der Waals surface area contributed by atoms with Crippen molar-refractivity contribution in [3.05, 3.63) is 47.8 Å². The zero-order chi connectivity index (χ0) is 23.8. The van der Waals surface area contributed by atoms with E-state index in [4.69, 9.17) is 0 Å². The maximum absolute atomic E-state index is 12.5. The van der Waals surface area contributed by atoms with Gasteiger partial charge in [0.25, 0.3) is 5.91 Å². The minimum Gasteiger partial charge on any atom is -0.390 e. The summed E-state index contributed by atoms with van der Waals surface area (Å²) >= 11 is 0. The number of amides is 1. The van der Waals surface area contributed by atoms with Crippen molar-refractivity contribution < 1.29 is 9.90 Å². The Hall–Kier alpha value is -2.55. The minimum absolute atomic E-state index is 0.289. The molecule has 1 amide bonds. The second-order valence-corrected chi connectivity index (χ2v) is 9.21. The fourth-order valence-corrected chi connectivity index (χ4v) is 4.21. The van der Waals surface area contributed by atoms with Crippen molar-refractivity contribution in [1.82, 2.24) is 20.4 Å². The van der Waals surface area contributed by atoms with E-state index in [-0.39, 0.29) is 11.6 Å². The van der Waals surface area contributed by atoms with Gasteiger partial charge < -0.3 is 20.6 Å². The molecule has 3 rings (SSSR count). The van der Waals surface area contributed by atoms with Crippen LogP contribution < -0.4 is 10.6 Å². The first kappa shape index (κ1) is 25.1. The van der Waals surface area contributed by atoms with Crippen LogP contribution >= 0.6 is 0 Å². The van der Waals surface area contributed by atoms with Crippen LogP contribution in [0, 0.1) is 0 Å². The summed E-state index contributed by atoms with van der Waals surface area (Å²) in [7, 11) is 2.12. The smallest absolute Gasteiger partial charge is 0.265 e. The number of rotatable bonds is 9. The number of benzene rings is 1. The Kier molecular flexibility index (Phi) is 9.17. The molecule has 0 saturated carbocycles. The number of nitrogens with zero attached hydrogens (tertiary/aromatic N) is 4. The first-order chi connectivity index (χ1) is 15.8. The molecular weight excluding hydrogens is 416 g/mol. The molecule has 1 fully saturated rings. The molecule has 2 aliphatic heterocycles. The summed E-state index contributed by atoms with van der Waals surface area (Å²) in [6, 6.07) is 8.40. The highest BCUT2D eigenvalue weighted by Gasteiger charge is 2.23. The predicted molar refractivity (Wildman–Crippen MR) is 133 cm³/mol. The van der Waals surface area contributed by atoms with E-state index in [0.717, 1.165) is 45.4 Å². The first-order valence-electron chi connectivity index (χ1n) is 11.8. The zero-order valence-electron chi connectivity index (χ0n) is 20.1. The summed E-state index contributed by atoms with van der Waals surface area (Å²) in [6.45, 7) is 11.7. The Morgan fingerprint density at radius 1 is 1.27 bits per heavy atom. The molecule has 3 N–H and O–H groups in total. The van der Waals surface area contributed by atoms with E-state index >= 15 is 0 Å². The number of β-amino-alcohol motifs (C(OH)–C–C–N with tert-alkyl or cyclic N) is 1. The molecule has 0 radical (unpaired) electrons. The number of aliphatic hydroxyl groups excluding tert-OH is 1. The number of fused-ring (bicyclic) bond motifs is 1. The van der Waals surface area contributed by atoms with Gasteiger partial charge in [-0.3, -0.25) is 9.69 Å². The van der Waals surface area contributed by atoms with Crippen LogP contribution in [-0.4, -0.2) is 84.3 Å². The number of aliphatic imine (C=N–C) groups is 2. The van der Waals surface area contributed by atoms with E-state index in [2.05, 4.69) is 62.2 Å². The van der Waals surface area contributed by atoms with Crippen LogP contribution in [0.4, 0.5) is 0 Å². The maximum Gasteiger partial charge on any atom is 0.265 e. The third-order valence-electron chi connectivity index (χ3n) is 6.47. The summed E-state index contributed by atoms with van der Waals surface area (Å²) in [5.74, 6) is 0.235. The average Bonchev–Trinajstić information content (AvgIpc) is 2.80. The van der Waals surface area contributed by atoms with E-state index in [1.165, 1.54) is 17.5 Å². The van der Waals surface area contributed by atoms with Crippen LogP contribution in [0.3, 0.4) is 0 Å². The molecule has 0 spiro atoms. The van der Waals surface area contributed by atoms with Crippen molar-refractivity contribution in [2.24, 2.45) is 9.98 Å². The molecule has 2 aliphatic rings. The molecular formula is C25H38N6O2. The summed E-state index contributed by atoms with van der Waals surface area (Å²) in [5, 5.41) is 16.8. The molecule has 0 bridgehead atoms. The van der Waals surface area contributed by atoms with Gasteiger partial charge in [0.05, 0.1) is 12.1 Å². The molecule has 2 heterocycles.